The van der Waals surface area contributed by atoms with Crippen LogP contribution < -0.4 is 15.7 Å². The number of allylic oxidation sites excluding steroid dienone is 7. The van der Waals surface area contributed by atoms with Gasteiger partial charge in [-0.1, -0.05) is 130 Å². The molecule has 0 saturated heterocycles. The minimum absolute atomic E-state index is 0.0689. The summed E-state index contributed by atoms with van der Waals surface area (Å²) in [6, 6.07) is 21.1. The van der Waals surface area contributed by atoms with Crippen LogP contribution in [0.5, 0.6) is 0 Å². The minimum Gasteiger partial charge on any atom is -0.465 e. The number of nitrogens with one attached hydrogen (secondary N) is 1. The first kappa shape index (κ1) is 39.6. The van der Waals surface area contributed by atoms with E-state index in [1.54, 1.807) is 0 Å². The molecule has 1 aliphatic rings. The van der Waals surface area contributed by atoms with E-state index in [2.05, 4.69) is 127 Å². The van der Waals surface area contributed by atoms with Crippen molar-refractivity contribution in [3.05, 3.63) is 109 Å². The molecule has 2 aromatic carbocycles. The number of hydrogen-bond donors (Lipinski definition) is 1. The topological polar surface area (TPSA) is 89.3 Å². The summed E-state index contributed by atoms with van der Waals surface area (Å²) in [6.07, 6.45) is 23.6. The summed E-state index contributed by atoms with van der Waals surface area (Å²) in [5.74, 6) is -0.116. The Kier molecular flexibility index (Phi) is 16.6. The number of amides is 1. The van der Waals surface area contributed by atoms with Gasteiger partial charge in [-0.2, -0.15) is 10.2 Å². The van der Waals surface area contributed by atoms with E-state index in [4.69, 9.17) is 9.16 Å². The second-order valence-electron chi connectivity index (χ2n) is 13.9. The van der Waals surface area contributed by atoms with Crippen LogP contribution in [0.2, 0.25) is 5.04 Å². The maximum atomic E-state index is 12.7. The Morgan fingerprint density at radius 2 is 1.31 bits per heavy atom. The van der Waals surface area contributed by atoms with Gasteiger partial charge < -0.3 is 14.5 Å². The summed E-state index contributed by atoms with van der Waals surface area (Å²) >= 11 is 0. The Bertz CT molecular complexity index is 1380. The van der Waals surface area contributed by atoms with E-state index in [0.29, 0.717) is 32.5 Å². The first-order valence-electron chi connectivity index (χ1n) is 17.8. The van der Waals surface area contributed by atoms with Crippen molar-refractivity contribution < 1.29 is 18.8 Å². The average Bonchev–Trinajstić information content (AvgIpc) is 3.82. The molecular formula is C41H57N3O4Si. The molecule has 3 rings (SSSR count). The molecule has 0 aliphatic carbocycles. The third kappa shape index (κ3) is 14.2. The summed E-state index contributed by atoms with van der Waals surface area (Å²) in [6.45, 7) is 11.6. The molecule has 0 saturated carbocycles. The van der Waals surface area contributed by atoms with Crippen LogP contribution in [0.15, 0.2) is 120 Å². The van der Waals surface area contributed by atoms with E-state index in [9.17, 15) is 9.59 Å². The van der Waals surface area contributed by atoms with Gasteiger partial charge in [0.05, 0.1) is 13.2 Å². The Morgan fingerprint density at radius 3 is 1.82 bits per heavy atom. The molecule has 8 heteroatoms. The zero-order valence-corrected chi connectivity index (χ0v) is 31.3. The van der Waals surface area contributed by atoms with E-state index in [1.165, 1.54) is 10.4 Å². The number of esters is 1. The molecule has 0 fully saturated rings. The van der Waals surface area contributed by atoms with Crippen molar-refractivity contribution in [2.75, 3.05) is 13.2 Å². The van der Waals surface area contributed by atoms with Gasteiger partial charge in [-0.25, -0.2) is 0 Å². The van der Waals surface area contributed by atoms with E-state index in [1.807, 2.05) is 32.1 Å². The lowest BCUT2D eigenvalue weighted by atomic mass is 10.1. The lowest BCUT2D eigenvalue weighted by Gasteiger charge is -2.43. The number of nitrogens with zero attached hydrogens (tertiary/aromatic N) is 2. The molecule has 264 valence electrons. The van der Waals surface area contributed by atoms with Crippen molar-refractivity contribution >= 4 is 30.6 Å². The predicted molar refractivity (Wildman–Crippen MR) is 204 cm³/mol. The molecule has 0 unspecified atom stereocenters. The first-order valence-corrected chi connectivity index (χ1v) is 19.7. The standard InChI is InChI=1S/C41H57N3O4Si/c1-35(34-48-49(40(2,3)4,36-26-20-18-21-27-36)37-28-22-19-23-29-37)42-38(45)30-24-16-14-12-10-8-6-7-9-11-13-15-17-25-33-47-39(46)31-32-41(5)43-44-41/h6,8-9,11-12,14-15,17-23,26-29,35H,7,10,13,16,24-25,30-34H2,1-5H3,(H,42,45)/b8-6-,11-9-,14-12-,17-15-/t35-/m1/s1. The molecular weight excluding hydrogens is 627 g/mol. The fourth-order valence-corrected chi connectivity index (χ4v) is 10.3. The van der Waals surface area contributed by atoms with Gasteiger partial charge in [0.15, 0.2) is 5.66 Å². The summed E-state index contributed by atoms with van der Waals surface area (Å²) in [5, 5.41) is 13.3. The number of carbonyl (C=O) groups is 2. The smallest absolute Gasteiger partial charge is 0.305 e. The van der Waals surface area contributed by atoms with Gasteiger partial charge in [0.1, 0.15) is 0 Å². The van der Waals surface area contributed by atoms with E-state index in [0.717, 1.165) is 38.5 Å². The van der Waals surface area contributed by atoms with Crippen LogP contribution in [-0.2, 0) is 18.8 Å². The van der Waals surface area contributed by atoms with Crippen LogP contribution in [0.4, 0.5) is 0 Å². The van der Waals surface area contributed by atoms with Gasteiger partial charge >= 0.3 is 5.97 Å². The van der Waals surface area contributed by atoms with Crippen molar-refractivity contribution in [2.24, 2.45) is 10.2 Å². The van der Waals surface area contributed by atoms with Gasteiger partial charge in [-0.3, -0.25) is 9.59 Å². The van der Waals surface area contributed by atoms with Gasteiger partial charge in [-0.05, 0) is 67.8 Å². The maximum Gasteiger partial charge on any atom is 0.305 e. The normalized spacial score (nSPS) is 15.0. The molecule has 2 aromatic rings. The number of benzene rings is 2. The van der Waals surface area contributed by atoms with Crippen LogP contribution >= 0.6 is 0 Å². The fourth-order valence-electron chi connectivity index (χ4n) is 5.67. The zero-order chi connectivity index (χ0) is 35.4. The number of ether oxygens (including phenoxy) is 1. The van der Waals surface area contributed by atoms with Crippen LogP contribution in [0.3, 0.4) is 0 Å². The van der Waals surface area contributed by atoms with Crippen molar-refractivity contribution in [3.8, 4) is 0 Å². The predicted octanol–water partition coefficient (Wildman–Crippen LogP) is 8.53. The molecule has 0 aromatic heterocycles. The van der Waals surface area contributed by atoms with E-state index < -0.39 is 8.32 Å². The number of unbranched alkanes of at least 4 members (excludes halogenated alkanes) is 1. The molecule has 49 heavy (non-hydrogen) atoms. The van der Waals surface area contributed by atoms with Crippen molar-refractivity contribution in [2.45, 2.75) is 109 Å². The van der Waals surface area contributed by atoms with Crippen LogP contribution in [-0.4, -0.2) is 45.1 Å². The summed E-state index contributed by atoms with van der Waals surface area (Å²) in [5.41, 5.74) is -0.343. The summed E-state index contributed by atoms with van der Waals surface area (Å²) in [4.78, 5) is 24.4. The van der Waals surface area contributed by atoms with Gasteiger partial charge in [0.2, 0.25) is 5.91 Å². The highest BCUT2D eigenvalue weighted by Crippen LogP contribution is 2.37. The molecule has 1 atom stereocenters. The minimum atomic E-state index is -2.62. The maximum absolute atomic E-state index is 12.7. The Morgan fingerprint density at radius 1 is 0.796 bits per heavy atom. The Balaban J connectivity index is 1.25. The summed E-state index contributed by atoms with van der Waals surface area (Å²) in [7, 11) is -2.62. The van der Waals surface area contributed by atoms with Crippen LogP contribution in [0, 0.1) is 0 Å². The quantitative estimate of drug-likeness (QED) is 0.0583. The number of carbonyl (C=O) groups excluding carboxylic acids is 2. The molecule has 1 aliphatic heterocycles. The zero-order valence-electron chi connectivity index (χ0n) is 30.3. The van der Waals surface area contributed by atoms with Gasteiger partial charge in [0.25, 0.3) is 8.32 Å². The molecule has 1 heterocycles. The largest absolute Gasteiger partial charge is 0.465 e. The third-order valence-corrected chi connectivity index (χ3v) is 13.4. The Hall–Kier alpha value is -3.88. The van der Waals surface area contributed by atoms with Crippen LogP contribution in [0.25, 0.3) is 0 Å². The molecule has 0 radical (unpaired) electrons. The van der Waals surface area contributed by atoms with Crippen molar-refractivity contribution in [1.82, 2.24) is 5.32 Å². The van der Waals surface area contributed by atoms with Gasteiger partial charge in [0, 0.05) is 25.3 Å². The van der Waals surface area contributed by atoms with Crippen LogP contribution in [0.1, 0.15) is 92.4 Å². The second kappa shape index (κ2) is 20.6. The van der Waals surface area contributed by atoms with Crippen molar-refractivity contribution in [1.29, 1.82) is 0 Å². The highest BCUT2D eigenvalue weighted by molar-refractivity contribution is 6.99. The highest BCUT2D eigenvalue weighted by Gasteiger charge is 2.50. The Labute approximate surface area is 295 Å². The van der Waals surface area contributed by atoms with E-state index >= 15 is 0 Å². The monoisotopic (exact) mass is 683 g/mol. The molecule has 0 spiro atoms. The lowest BCUT2D eigenvalue weighted by Crippen LogP contribution is -2.67. The van der Waals surface area contributed by atoms with Gasteiger partial charge in [-0.15, -0.1) is 0 Å². The summed E-state index contributed by atoms with van der Waals surface area (Å²) < 4.78 is 12.2. The molecule has 7 nitrogen and oxygen atoms in total. The number of hydrogen-bond acceptors (Lipinski definition) is 6. The SMILES string of the molecule is C[C@H](CO[Si](c1ccccc1)(c1ccccc1)C(C)(C)C)NC(=O)CCC/C=C\C/C=C\C/C=C\C/C=C\CCOC(=O)CCC1(C)N=N1. The molecule has 1 N–H and O–H groups in total. The second-order valence-corrected chi connectivity index (χ2v) is 18.2. The average molecular weight is 684 g/mol. The fraction of sp³-hybridized carbons (Fsp3) is 0.463. The molecule has 1 amide bonds. The third-order valence-electron chi connectivity index (χ3n) is 8.42. The first-order chi connectivity index (χ1) is 23.6. The highest BCUT2D eigenvalue weighted by atomic mass is 28.4. The number of rotatable bonds is 22. The van der Waals surface area contributed by atoms with Crippen molar-refractivity contribution in [3.63, 3.8) is 0 Å². The van der Waals surface area contributed by atoms with E-state index in [-0.39, 0.29) is 28.6 Å². The molecule has 0 bridgehead atoms. The lowest BCUT2D eigenvalue weighted by molar-refractivity contribution is -0.143.